The van der Waals surface area contributed by atoms with Gasteiger partial charge < -0.3 is 10.2 Å². The highest BCUT2D eigenvalue weighted by Gasteiger charge is 2.12. The summed E-state index contributed by atoms with van der Waals surface area (Å²) in [5.41, 5.74) is 0.447. The lowest BCUT2D eigenvalue weighted by molar-refractivity contribution is -0.135. The van der Waals surface area contributed by atoms with Gasteiger partial charge in [0.2, 0.25) is 0 Å². The number of aromatic nitrogens is 1. The maximum Gasteiger partial charge on any atom is 0.347 e. The molecule has 0 fully saturated rings. The first-order valence-corrected chi connectivity index (χ1v) is 4.91. The predicted octanol–water partition coefficient (Wildman–Crippen LogP) is 1.64. The number of aryl methyl sites for hydroxylation is 1. The number of hydrogen-bond donors (Lipinski definition) is 2. The monoisotopic (exact) mass is 227 g/mol. The Labute approximate surface area is 89.7 Å². The molecule has 0 aliphatic heterocycles. The molecule has 0 amide bonds. The lowest BCUT2D eigenvalue weighted by atomic mass is 10.4. The normalized spacial score (nSPS) is 10.7. The van der Waals surface area contributed by atoms with Crippen molar-refractivity contribution in [3.63, 3.8) is 0 Å². The maximum atomic E-state index is 10.7. The van der Waals surface area contributed by atoms with Gasteiger partial charge in [-0.05, 0) is 13.0 Å². The van der Waals surface area contributed by atoms with Crippen LogP contribution in [0.25, 0.3) is 6.08 Å². The van der Waals surface area contributed by atoms with Gasteiger partial charge in [-0.3, -0.25) is 4.79 Å². The summed E-state index contributed by atoms with van der Waals surface area (Å²) >= 11 is 1.03. The minimum Gasteiger partial charge on any atom is -0.481 e. The van der Waals surface area contributed by atoms with E-state index in [-0.39, 0.29) is 11.3 Å². The molecule has 0 spiro atoms. The number of rotatable bonds is 4. The summed E-state index contributed by atoms with van der Waals surface area (Å²) in [5, 5.41) is 17.6. The van der Waals surface area contributed by atoms with E-state index in [1.807, 2.05) is 0 Å². The third kappa shape index (κ3) is 3.17. The van der Waals surface area contributed by atoms with Crippen LogP contribution < -0.4 is 0 Å². The zero-order valence-electron chi connectivity index (χ0n) is 7.93. The average molecular weight is 227 g/mol. The first kappa shape index (κ1) is 11.4. The van der Waals surface area contributed by atoms with Gasteiger partial charge in [-0.1, -0.05) is 6.08 Å². The van der Waals surface area contributed by atoms with Gasteiger partial charge in [0.1, 0.15) is 9.88 Å². The van der Waals surface area contributed by atoms with Crippen LogP contribution in [-0.4, -0.2) is 27.1 Å². The molecule has 1 rings (SSSR count). The van der Waals surface area contributed by atoms with Crippen molar-refractivity contribution in [2.24, 2.45) is 0 Å². The molecular weight excluding hydrogens is 218 g/mol. The minimum atomic E-state index is -1.01. The fraction of sp³-hybridized carbons (Fsp3) is 0.222. The molecule has 0 aliphatic rings. The number of nitrogens with zero attached hydrogens (tertiary/aromatic N) is 1. The Kier molecular flexibility index (Phi) is 3.56. The Morgan fingerprint density at radius 3 is 2.60 bits per heavy atom. The van der Waals surface area contributed by atoms with Gasteiger partial charge in [0.25, 0.3) is 0 Å². The molecule has 2 N–H and O–H groups in total. The molecule has 15 heavy (non-hydrogen) atoms. The summed E-state index contributed by atoms with van der Waals surface area (Å²) in [6.45, 7) is 1.61. The number of aromatic carboxylic acids is 1. The standard InChI is InChI=1S/C9H9NO4S/c1-5-8(9(13)14)15-6(10-5)3-2-4-7(11)12/h2-3H,4H2,1H3,(H,11,12)(H,13,14). The SMILES string of the molecule is Cc1nc(C=CCC(=O)O)sc1C(=O)O. The Morgan fingerprint density at radius 1 is 1.47 bits per heavy atom. The predicted molar refractivity (Wildman–Crippen MR) is 55.1 cm³/mol. The number of hydrogen-bond acceptors (Lipinski definition) is 4. The van der Waals surface area contributed by atoms with E-state index in [1.54, 1.807) is 6.92 Å². The van der Waals surface area contributed by atoms with E-state index < -0.39 is 11.9 Å². The second-order valence-corrected chi connectivity index (χ2v) is 3.80. The van der Waals surface area contributed by atoms with Crippen molar-refractivity contribution < 1.29 is 19.8 Å². The van der Waals surface area contributed by atoms with Crippen LogP contribution in [-0.2, 0) is 4.79 Å². The zero-order valence-corrected chi connectivity index (χ0v) is 8.74. The van der Waals surface area contributed by atoms with Gasteiger partial charge in [0, 0.05) is 0 Å². The Morgan fingerprint density at radius 2 is 2.13 bits per heavy atom. The van der Waals surface area contributed by atoms with Crippen molar-refractivity contribution in [1.82, 2.24) is 4.98 Å². The number of carboxylic acids is 2. The summed E-state index contributed by atoms with van der Waals surface area (Å²) < 4.78 is 0. The van der Waals surface area contributed by atoms with Crippen LogP contribution in [0.2, 0.25) is 0 Å². The molecule has 0 radical (unpaired) electrons. The summed E-state index contributed by atoms with van der Waals surface area (Å²) in [4.78, 5) is 25.0. The molecule has 0 saturated carbocycles. The molecule has 0 aliphatic carbocycles. The van der Waals surface area contributed by atoms with Crippen molar-refractivity contribution in [1.29, 1.82) is 0 Å². The van der Waals surface area contributed by atoms with Crippen LogP contribution in [0.4, 0.5) is 0 Å². The molecular formula is C9H9NO4S. The number of aliphatic carboxylic acids is 1. The lowest BCUT2D eigenvalue weighted by Crippen LogP contribution is -1.94. The molecule has 0 aromatic carbocycles. The minimum absolute atomic E-state index is 0.0962. The van der Waals surface area contributed by atoms with E-state index >= 15 is 0 Å². The Bertz CT molecular complexity index is 422. The van der Waals surface area contributed by atoms with Crippen molar-refractivity contribution in [2.45, 2.75) is 13.3 Å². The Balaban J connectivity index is 2.79. The molecule has 0 bridgehead atoms. The molecule has 0 unspecified atom stereocenters. The highest BCUT2D eigenvalue weighted by atomic mass is 32.1. The molecule has 1 aromatic rings. The third-order valence-corrected chi connectivity index (χ3v) is 2.67. The first-order valence-electron chi connectivity index (χ1n) is 4.09. The van der Waals surface area contributed by atoms with E-state index in [0.29, 0.717) is 10.7 Å². The van der Waals surface area contributed by atoms with Gasteiger partial charge >= 0.3 is 11.9 Å². The van der Waals surface area contributed by atoms with Gasteiger partial charge in [-0.25, -0.2) is 9.78 Å². The van der Waals surface area contributed by atoms with Crippen LogP contribution in [0.5, 0.6) is 0 Å². The molecule has 0 atom stereocenters. The van der Waals surface area contributed by atoms with Crippen LogP contribution in [0.1, 0.15) is 26.8 Å². The summed E-state index contributed by atoms with van der Waals surface area (Å²) in [7, 11) is 0. The van der Waals surface area contributed by atoms with E-state index in [1.165, 1.54) is 12.2 Å². The summed E-state index contributed by atoms with van der Waals surface area (Å²) in [5.74, 6) is -1.94. The quantitative estimate of drug-likeness (QED) is 0.816. The summed E-state index contributed by atoms with van der Waals surface area (Å²) in [6, 6.07) is 0. The van der Waals surface area contributed by atoms with Crippen molar-refractivity contribution in [3.8, 4) is 0 Å². The number of thiazole rings is 1. The van der Waals surface area contributed by atoms with E-state index in [4.69, 9.17) is 10.2 Å². The molecule has 1 heterocycles. The van der Waals surface area contributed by atoms with Crippen molar-refractivity contribution >= 4 is 29.4 Å². The highest BCUT2D eigenvalue weighted by molar-refractivity contribution is 7.14. The van der Waals surface area contributed by atoms with Crippen LogP contribution in [0.15, 0.2) is 6.08 Å². The maximum absolute atomic E-state index is 10.7. The van der Waals surface area contributed by atoms with Crippen molar-refractivity contribution in [2.75, 3.05) is 0 Å². The summed E-state index contributed by atoms with van der Waals surface area (Å²) in [6.07, 6.45) is 2.85. The smallest absolute Gasteiger partial charge is 0.347 e. The third-order valence-electron chi connectivity index (χ3n) is 1.56. The first-order chi connectivity index (χ1) is 7.00. The second kappa shape index (κ2) is 4.70. The number of carboxylic acid groups (broad SMARTS) is 2. The molecule has 80 valence electrons. The fourth-order valence-corrected chi connectivity index (χ4v) is 1.78. The van der Waals surface area contributed by atoms with E-state index in [2.05, 4.69) is 4.98 Å². The molecule has 0 saturated heterocycles. The zero-order chi connectivity index (χ0) is 11.4. The number of carbonyl (C=O) groups is 2. The van der Waals surface area contributed by atoms with Gasteiger partial charge in [-0.15, -0.1) is 11.3 Å². The topological polar surface area (TPSA) is 87.5 Å². The van der Waals surface area contributed by atoms with Gasteiger partial charge in [0.05, 0.1) is 12.1 Å². The van der Waals surface area contributed by atoms with Crippen LogP contribution in [0.3, 0.4) is 0 Å². The fourth-order valence-electron chi connectivity index (χ4n) is 0.948. The highest BCUT2D eigenvalue weighted by Crippen LogP contribution is 2.19. The largest absolute Gasteiger partial charge is 0.481 e. The Hall–Kier alpha value is -1.69. The second-order valence-electron chi connectivity index (χ2n) is 2.77. The van der Waals surface area contributed by atoms with Crippen LogP contribution in [0, 0.1) is 6.92 Å². The molecule has 5 nitrogen and oxygen atoms in total. The molecule has 6 heteroatoms. The van der Waals surface area contributed by atoms with E-state index in [0.717, 1.165) is 11.3 Å². The van der Waals surface area contributed by atoms with Crippen LogP contribution >= 0.6 is 11.3 Å². The van der Waals surface area contributed by atoms with Gasteiger partial charge in [-0.2, -0.15) is 0 Å². The van der Waals surface area contributed by atoms with E-state index in [9.17, 15) is 9.59 Å². The van der Waals surface area contributed by atoms with Crippen molar-refractivity contribution in [3.05, 3.63) is 21.7 Å². The molecule has 1 aromatic heterocycles. The van der Waals surface area contributed by atoms with Gasteiger partial charge in [0.15, 0.2) is 0 Å². The lowest BCUT2D eigenvalue weighted by Gasteiger charge is -1.84. The average Bonchev–Trinajstić information content (AvgIpc) is 2.46.